The highest BCUT2D eigenvalue weighted by molar-refractivity contribution is 4.97. The van der Waals surface area contributed by atoms with Gasteiger partial charge in [-0.15, -0.1) is 0 Å². The summed E-state index contributed by atoms with van der Waals surface area (Å²) in [6.07, 6.45) is 1.70. The van der Waals surface area contributed by atoms with E-state index in [1.807, 2.05) is 12.1 Å². The molecule has 0 aliphatic rings. The highest BCUT2D eigenvalue weighted by Gasteiger charge is 2.21. The molecule has 15 heavy (non-hydrogen) atoms. The maximum Gasteiger partial charge on any atom is 0.117 e. The molecule has 1 heterocycles. The molecule has 2 N–H and O–H groups in total. The van der Waals surface area contributed by atoms with Crippen LogP contribution < -0.4 is 5.73 Å². The molecule has 0 fully saturated rings. The SMILES string of the molecule is CN(Cc1ccco1)CC(N)C(C)(C)C. The van der Waals surface area contributed by atoms with Crippen molar-refractivity contribution in [3.8, 4) is 0 Å². The van der Waals surface area contributed by atoms with Crippen LogP contribution >= 0.6 is 0 Å². The fourth-order valence-electron chi connectivity index (χ4n) is 1.34. The van der Waals surface area contributed by atoms with Crippen LogP contribution in [0.15, 0.2) is 22.8 Å². The van der Waals surface area contributed by atoms with E-state index in [1.165, 1.54) is 0 Å². The Morgan fingerprint density at radius 1 is 1.47 bits per heavy atom. The molecular weight excluding hydrogens is 188 g/mol. The second-order valence-electron chi connectivity index (χ2n) is 5.25. The minimum Gasteiger partial charge on any atom is -0.468 e. The number of nitrogens with two attached hydrogens (primary N) is 1. The van der Waals surface area contributed by atoms with Crippen molar-refractivity contribution in [3.63, 3.8) is 0 Å². The lowest BCUT2D eigenvalue weighted by molar-refractivity contribution is 0.212. The lowest BCUT2D eigenvalue weighted by atomic mass is 9.87. The molecule has 1 unspecified atom stereocenters. The van der Waals surface area contributed by atoms with Gasteiger partial charge in [-0.2, -0.15) is 0 Å². The van der Waals surface area contributed by atoms with Crippen molar-refractivity contribution in [3.05, 3.63) is 24.2 Å². The monoisotopic (exact) mass is 210 g/mol. The predicted molar refractivity (Wildman–Crippen MR) is 62.5 cm³/mol. The molecule has 1 atom stereocenters. The van der Waals surface area contributed by atoms with Crippen LogP contribution in [0.2, 0.25) is 0 Å². The van der Waals surface area contributed by atoms with Crippen LogP contribution in [0, 0.1) is 5.41 Å². The normalized spacial score (nSPS) is 14.5. The number of rotatable bonds is 4. The minimum absolute atomic E-state index is 0.150. The van der Waals surface area contributed by atoms with Gasteiger partial charge >= 0.3 is 0 Å². The Kier molecular flexibility index (Phi) is 3.94. The molecule has 0 amide bonds. The number of hydrogen-bond acceptors (Lipinski definition) is 3. The van der Waals surface area contributed by atoms with Crippen molar-refractivity contribution in [1.82, 2.24) is 4.90 Å². The summed E-state index contributed by atoms with van der Waals surface area (Å²) in [5.74, 6) is 0.985. The lowest BCUT2D eigenvalue weighted by Gasteiger charge is -2.30. The van der Waals surface area contributed by atoms with Crippen molar-refractivity contribution in [2.45, 2.75) is 33.4 Å². The number of likely N-dealkylation sites (N-methyl/N-ethyl adjacent to an activating group) is 1. The molecule has 86 valence electrons. The van der Waals surface area contributed by atoms with E-state index in [0.717, 1.165) is 18.8 Å². The molecule has 0 aliphatic carbocycles. The molecular formula is C12H22N2O. The van der Waals surface area contributed by atoms with E-state index < -0.39 is 0 Å². The summed E-state index contributed by atoms with van der Waals surface area (Å²) in [5.41, 5.74) is 6.26. The largest absolute Gasteiger partial charge is 0.468 e. The Labute approximate surface area is 92.2 Å². The van der Waals surface area contributed by atoms with Gasteiger partial charge in [0.1, 0.15) is 5.76 Å². The summed E-state index contributed by atoms with van der Waals surface area (Å²) < 4.78 is 5.29. The van der Waals surface area contributed by atoms with Crippen molar-refractivity contribution in [1.29, 1.82) is 0 Å². The van der Waals surface area contributed by atoms with Crippen LogP contribution in [-0.2, 0) is 6.54 Å². The second kappa shape index (κ2) is 4.81. The molecule has 0 radical (unpaired) electrons. The zero-order valence-corrected chi connectivity index (χ0v) is 10.2. The van der Waals surface area contributed by atoms with Gasteiger partial charge in [0.25, 0.3) is 0 Å². The van der Waals surface area contributed by atoms with Gasteiger partial charge in [0.05, 0.1) is 12.8 Å². The zero-order valence-electron chi connectivity index (χ0n) is 10.2. The number of furan rings is 1. The van der Waals surface area contributed by atoms with E-state index >= 15 is 0 Å². The Balaban J connectivity index is 2.39. The molecule has 0 bridgehead atoms. The average Bonchev–Trinajstić information content (AvgIpc) is 2.54. The van der Waals surface area contributed by atoms with Gasteiger partial charge in [-0.25, -0.2) is 0 Å². The fraction of sp³-hybridized carbons (Fsp3) is 0.667. The van der Waals surface area contributed by atoms with Crippen molar-refractivity contribution in [2.24, 2.45) is 11.1 Å². The summed E-state index contributed by atoms with van der Waals surface area (Å²) in [4.78, 5) is 2.19. The van der Waals surface area contributed by atoms with Crippen LogP contribution in [0.4, 0.5) is 0 Å². The molecule has 0 aromatic carbocycles. The van der Waals surface area contributed by atoms with Crippen LogP contribution in [0.5, 0.6) is 0 Å². The summed E-state index contributed by atoms with van der Waals surface area (Å²) in [5, 5.41) is 0. The third-order valence-corrected chi connectivity index (χ3v) is 2.63. The summed E-state index contributed by atoms with van der Waals surface area (Å²) >= 11 is 0. The summed E-state index contributed by atoms with van der Waals surface area (Å²) in [7, 11) is 2.06. The first-order chi connectivity index (χ1) is 6.89. The summed E-state index contributed by atoms with van der Waals surface area (Å²) in [6.45, 7) is 8.19. The van der Waals surface area contributed by atoms with E-state index in [9.17, 15) is 0 Å². The third kappa shape index (κ3) is 4.06. The third-order valence-electron chi connectivity index (χ3n) is 2.63. The molecule has 0 aliphatic heterocycles. The standard InChI is InChI=1S/C12H22N2O/c1-12(2,3)11(13)9-14(4)8-10-6-5-7-15-10/h5-7,11H,8-9,13H2,1-4H3. The number of hydrogen-bond donors (Lipinski definition) is 1. The molecule has 1 aromatic heterocycles. The van der Waals surface area contributed by atoms with Gasteiger partial charge in [-0.1, -0.05) is 20.8 Å². The first kappa shape index (κ1) is 12.3. The van der Waals surface area contributed by atoms with E-state index in [0.29, 0.717) is 0 Å². The molecule has 0 saturated heterocycles. The quantitative estimate of drug-likeness (QED) is 0.827. The van der Waals surface area contributed by atoms with Gasteiger partial charge in [0.2, 0.25) is 0 Å². The molecule has 1 aromatic rings. The predicted octanol–water partition coefficient (Wildman–Crippen LogP) is 2.08. The first-order valence-electron chi connectivity index (χ1n) is 5.36. The van der Waals surface area contributed by atoms with Gasteiger partial charge in [0, 0.05) is 12.6 Å². The highest BCUT2D eigenvalue weighted by Crippen LogP contribution is 2.18. The van der Waals surface area contributed by atoms with Crippen molar-refractivity contribution < 1.29 is 4.42 Å². The van der Waals surface area contributed by atoms with Gasteiger partial charge in [-0.3, -0.25) is 4.90 Å². The van der Waals surface area contributed by atoms with E-state index in [-0.39, 0.29) is 11.5 Å². The fourth-order valence-corrected chi connectivity index (χ4v) is 1.34. The Hall–Kier alpha value is -0.800. The van der Waals surface area contributed by atoms with Crippen LogP contribution in [0.3, 0.4) is 0 Å². The van der Waals surface area contributed by atoms with E-state index in [2.05, 4.69) is 32.7 Å². The van der Waals surface area contributed by atoms with Gasteiger partial charge < -0.3 is 10.2 Å². The van der Waals surface area contributed by atoms with Crippen LogP contribution in [0.25, 0.3) is 0 Å². The maximum atomic E-state index is 6.11. The molecule has 0 spiro atoms. The molecule has 3 heteroatoms. The summed E-state index contributed by atoms with van der Waals surface area (Å²) in [6, 6.07) is 4.07. The van der Waals surface area contributed by atoms with Crippen molar-refractivity contribution >= 4 is 0 Å². The van der Waals surface area contributed by atoms with Crippen molar-refractivity contribution in [2.75, 3.05) is 13.6 Å². The van der Waals surface area contributed by atoms with Crippen LogP contribution in [-0.4, -0.2) is 24.5 Å². The molecule has 0 saturated carbocycles. The Morgan fingerprint density at radius 2 is 2.13 bits per heavy atom. The topological polar surface area (TPSA) is 42.4 Å². The zero-order chi connectivity index (χ0) is 11.5. The van der Waals surface area contributed by atoms with E-state index in [4.69, 9.17) is 10.2 Å². The smallest absolute Gasteiger partial charge is 0.117 e. The lowest BCUT2D eigenvalue weighted by Crippen LogP contribution is -2.43. The first-order valence-corrected chi connectivity index (χ1v) is 5.36. The van der Waals surface area contributed by atoms with Crippen LogP contribution in [0.1, 0.15) is 26.5 Å². The minimum atomic E-state index is 0.150. The molecule has 3 nitrogen and oxygen atoms in total. The average molecular weight is 210 g/mol. The Bertz CT molecular complexity index is 274. The molecule has 1 rings (SSSR count). The van der Waals surface area contributed by atoms with Gasteiger partial charge in [0.15, 0.2) is 0 Å². The highest BCUT2D eigenvalue weighted by atomic mass is 16.3. The maximum absolute atomic E-state index is 6.11. The Morgan fingerprint density at radius 3 is 2.60 bits per heavy atom. The van der Waals surface area contributed by atoms with Gasteiger partial charge in [-0.05, 0) is 24.6 Å². The van der Waals surface area contributed by atoms with E-state index in [1.54, 1.807) is 6.26 Å². The second-order valence-corrected chi connectivity index (χ2v) is 5.25. The number of nitrogens with zero attached hydrogens (tertiary/aromatic N) is 1.